The van der Waals surface area contributed by atoms with Gasteiger partial charge < -0.3 is 10.2 Å². The predicted octanol–water partition coefficient (Wildman–Crippen LogP) is 2.06. The molecule has 112 valence electrons. The molecule has 0 aliphatic carbocycles. The van der Waals surface area contributed by atoms with Crippen molar-refractivity contribution in [2.24, 2.45) is 0 Å². The van der Waals surface area contributed by atoms with Crippen molar-refractivity contribution in [2.75, 3.05) is 7.05 Å². The number of carbonyl (C=O) groups is 2. The second kappa shape index (κ2) is 6.02. The molecule has 1 heterocycles. The molecule has 1 atom stereocenters. The van der Waals surface area contributed by atoms with Crippen molar-refractivity contribution >= 4 is 11.8 Å². The van der Waals surface area contributed by atoms with E-state index in [4.69, 9.17) is 0 Å². The van der Waals surface area contributed by atoms with Crippen molar-refractivity contribution in [3.63, 3.8) is 0 Å². The average molecular weight is 294 g/mol. The van der Waals surface area contributed by atoms with Crippen molar-refractivity contribution in [3.05, 3.63) is 71.3 Å². The van der Waals surface area contributed by atoms with Crippen LogP contribution < -0.4 is 5.32 Å². The molecule has 1 aliphatic rings. The Balaban J connectivity index is 1.80. The fourth-order valence-corrected chi connectivity index (χ4v) is 2.80. The maximum absolute atomic E-state index is 12.6. The van der Waals surface area contributed by atoms with E-state index in [1.807, 2.05) is 54.6 Å². The van der Waals surface area contributed by atoms with Gasteiger partial charge in [0, 0.05) is 13.6 Å². The Bertz CT molecular complexity index is 697. The van der Waals surface area contributed by atoms with Crippen molar-refractivity contribution in [2.45, 2.75) is 19.0 Å². The largest absolute Gasteiger partial charge is 0.350 e. The molecule has 4 heteroatoms. The minimum atomic E-state index is -0.554. The van der Waals surface area contributed by atoms with E-state index in [1.54, 1.807) is 7.05 Å². The quantitative estimate of drug-likeness (QED) is 0.942. The molecule has 0 spiro atoms. The van der Waals surface area contributed by atoms with Crippen LogP contribution in [0, 0.1) is 0 Å². The normalized spacial score (nSPS) is 17.0. The zero-order valence-electron chi connectivity index (χ0n) is 12.5. The smallest absolute Gasteiger partial charge is 0.247 e. The zero-order chi connectivity index (χ0) is 15.5. The first-order valence-corrected chi connectivity index (χ1v) is 7.32. The van der Waals surface area contributed by atoms with Crippen LogP contribution in [0.1, 0.15) is 22.7 Å². The van der Waals surface area contributed by atoms with Crippen LogP contribution >= 0.6 is 0 Å². The molecule has 0 aromatic heterocycles. The van der Waals surface area contributed by atoms with Crippen LogP contribution in [0.15, 0.2) is 54.6 Å². The minimum Gasteiger partial charge on any atom is -0.350 e. The molecule has 22 heavy (non-hydrogen) atoms. The second-order valence-electron chi connectivity index (χ2n) is 5.49. The maximum Gasteiger partial charge on any atom is 0.247 e. The summed E-state index contributed by atoms with van der Waals surface area (Å²) in [6.07, 6.45) is 0.356. The van der Waals surface area contributed by atoms with Crippen LogP contribution in [-0.2, 0) is 22.6 Å². The third kappa shape index (κ3) is 2.72. The van der Waals surface area contributed by atoms with Crippen molar-refractivity contribution in [1.29, 1.82) is 0 Å². The Morgan fingerprint density at radius 3 is 2.59 bits per heavy atom. The Morgan fingerprint density at radius 1 is 1.14 bits per heavy atom. The first-order valence-electron chi connectivity index (χ1n) is 7.32. The highest BCUT2D eigenvalue weighted by molar-refractivity contribution is 5.92. The van der Waals surface area contributed by atoms with Crippen molar-refractivity contribution in [3.8, 4) is 0 Å². The Kier molecular flexibility index (Phi) is 3.92. The zero-order valence-corrected chi connectivity index (χ0v) is 12.5. The third-order valence-electron chi connectivity index (χ3n) is 4.03. The number of likely N-dealkylation sites (N-methyl/N-ethyl adjacent to an activating group) is 1. The molecule has 4 nitrogen and oxygen atoms in total. The van der Waals surface area contributed by atoms with E-state index in [0.29, 0.717) is 13.0 Å². The summed E-state index contributed by atoms with van der Waals surface area (Å²) in [4.78, 5) is 26.2. The number of nitrogens with zero attached hydrogens (tertiary/aromatic N) is 1. The van der Waals surface area contributed by atoms with Crippen molar-refractivity contribution in [1.82, 2.24) is 10.2 Å². The summed E-state index contributed by atoms with van der Waals surface area (Å²) < 4.78 is 0. The average Bonchev–Trinajstić information content (AvgIpc) is 2.55. The maximum atomic E-state index is 12.6. The molecule has 0 fully saturated rings. The summed E-state index contributed by atoms with van der Waals surface area (Å²) in [6.45, 7) is 0.459. The number of benzene rings is 2. The molecule has 2 aromatic carbocycles. The highest BCUT2D eigenvalue weighted by atomic mass is 16.2. The molecule has 0 saturated carbocycles. The molecule has 2 aromatic rings. The first-order chi connectivity index (χ1) is 10.7. The van der Waals surface area contributed by atoms with E-state index in [0.717, 1.165) is 16.7 Å². The van der Waals surface area contributed by atoms with E-state index in [-0.39, 0.29) is 11.8 Å². The van der Waals surface area contributed by atoms with Crippen molar-refractivity contribution < 1.29 is 9.59 Å². The summed E-state index contributed by atoms with van der Waals surface area (Å²) >= 11 is 0. The van der Waals surface area contributed by atoms with Gasteiger partial charge >= 0.3 is 0 Å². The van der Waals surface area contributed by atoms with Crippen LogP contribution in [0.4, 0.5) is 0 Å². The molecule has 0 saturated heterocycles. The van der Waals surface area contributed by atoms with E-state index in [1.165, 1.54) is 4.90 Å². The van der Waals surface area contributed by atoms with Crippen LogP contribution in [0.5, 0.6) is 0 Å². The topological polar surface area (TPSA) is 49.4 Å². The van der Waals surface area contributed by atoms with Gasteiger partial charge in [0.2, 0.25) is 11.8 Å². The van der Waals surface area contributed by atoms with Gasteiger partial charge in [0.25, 0.3) is 0 Å². The van der Waals surface area contributed by atoms with Gasteiger partial charge in [0.05, 0.1) is 6.42 Å². The summed E-state index contributed by atoms with van der Waals surface area (Å²) in [6, 6.07) is 16.8. The number of nitrogens with one attached hydrogen (secondary N) is 1. The lowest BCUT2D eigenvalue weighted by atomic mass is 9.92. The number of fused-ring (bicyclic) bond motifs is 1. The molecule has 1 N–H and O–H groups in total. The van der Waals surface area contributed by atoms with Crippen LogP contribution in [0.2, 0.25) is 0 Å². The lowest BCUT2D eigenvalue weighted by Crippen LogP contribution is -2.45. The molecule has 1 aliphatic heterocycles. The number of hydrogen-bond donors (Lipinski definition) is 1. The molecule has 3 rings (SSSR count). The SMILES string of the molecule is CN1C(=O)Cc2ccccc2C1C(=O)NCc1ccccc1. The molecule has 0 bridgehead atoms. The number of rotatable bonds is 3. The third-order valence-corrected chi connectivity index (χ3v) is 4.03. The summed E-state index contributed by atoms with van der Waals surface area (Å²) in [7, 11) is 1.69. The molecule has 0 radical (unpaired) electrons. The van der Waals surface area contributed by atoms with Gasteiger partial charge in [-0.1, -0.05) is 54.6 Å². The van der Waals surface area contributed by atoms with E-state index < -0.39 is 6.04 Å². The summed E-state index contributed by atoms with van der Waals surface area (Å²) in [5, 5.41) is 2.93. The molecular formula is C18H18N2O2. The van der Waals surface area contributed by atoms with Gasteiger partial charge in [-0.05, 0) is 16.7 Å². The van der Waals surface area contributed by atoms with Gasteiger partial charge in [0.15, 0.2) is 0 Å². The Hall–Kier alpha value is -2.62. The number of amides is 2. The molecule has 2 amide bonds. The fourth-order valence-electron chi connectivity index (χ4n) is 2.80. The van der Waals surface area contributed by atoms with Gasteiger partial charge in [-0.25, -0.2) is 0 Å². The Labute approximate surface area is 129 Å². The summed E-state index contributed by atoms with van der Waals surface area (Å²) in [5.41, 5.74) is 2.88. The molecular weight excluding hydrogens is 276 g/mol. The first kappa shape index (κ1) is 14.3. The predicted molar refractivity (Wildman–Crippen MR) is 83.9 cm³/mol. The van der Waals surface area contributed by atoms with E-state index in [2.05, 4.69) is 5.32 Å². The second-order valence-corrected chi connectivity index (χ2v) is 5.49. The monoisotopic (exact) mass is 294 g/mol. The van der Waals surface area contributed by atoms with Gasteiger partial charge in [0.1, 0.15) is 6.04 Å². The number of hydrogen-bond acceptors (Lipinski definition) is 2. The van der Waals surface area contributed by atoms with Gasteiger partial charge in [-0.3, -0.25) is 9.59 Å². The van der Waals surface area contributed by atoms with Crippen LogP contribution in [0.25, 0.3) is 0 Å². The highest BCUT2D eigenvalue weighted by Crippen LogP contribution is 2.29. The number of carbonyl (C=O) groups excluding carboxylic acids is 2. The van der Waals surface area contributed by atoms with E-state index >= 15 is 0 Å². The summed E-state index contributed by atoms with van der Waals surface area (Å²) in [5.74, 6) is -0.176. The highest BCUT2D eigenvalue weighted by Gasteiger charge is 2.34. The Morgan fingerprint density at radius 2 is 1.82 bits per heavy atom. The van der Waals surface area contributed by atoms with Crippen LogP contribution in [-0.4, -0.2) is 23.8 Å². The fraction of sp³-hybridized carbons (Fsp3) is 0.222. The van der Waals surface area contributed by atoms with Crippen LogP contribution in [0.3, 0.4) is 0 Å². The van der Waals surface area contributed by atoms with Gasteiger partial charge in [-0.2, -0.15) is 0 Å². The van der Waals surface area contributed by atoms with E-state index in [9.17, 15) is 9.59 Å². The van der Waals surface area contributed by atoms with Gasteiger partial charge in [-0.15, -0.1) is 0 Å². The molecule has 1 unspecified atom stereocenters. The lowest BCUT2D eigenvalue weighted by Gasteiger charge is -2.33. The lowest BCUT2D eigenvalue weighted by molar-refractivity contribution is -0.140. The standard InChI is InChI=1S/C18H18N2O2/c1-20-16(21)11-14-9-5-6-10-15(14)17(20)18(22)19-12-13-7-3-2-4-8-13/h2-10,17H,11-12H2,1H3,(H,19,22). The minimum absolute atomic E-state index is 0.0291.